The Balaban J connectivity index is 1.15. The minimum absolute atomic E-state index is 0.320. The van der Waals surface area contributed by atoms with Crippen molar-refractivity contribution >= 4 is 67.7 Å². The molecule has 2 N–H and O–H groups in total. The largest absolute Gasteiger partial charge is 0.486 e. The maximum absolute atomic E-state index is 11.4. The number of benzene rings is 6. The highest BCUT2D eigenvalue weighted by Crippen LogP contribution is 2.36. The minimum atomic E-state index is -1.26. The quantitative estimate of drug-likeness (QED) is 0.0993. The van der Waals surface area contributed by atoms with E-state index in [2.05, 4.69) is 74.6 Å². The summed E-state index contributed by atoms with van der Waals surface area (Å²) in [5.41, 5.74) is 8.65. The van der Waals surface area contributed by atoms with Crippen molar-refractivity contribution in [1.82, 2.24) is 9.13 Å². The van der Waals surface area contributed by atoms with E-state index in [1.54, 1.807) is 6.07 Å². The van der Waals surface area contributed by atoms with Crippen LogP contribution in [0.3, 0.4) is 0 Å². The first-order valence-corrected chi connectivity index (χ1v) is 16.3. The van der Waals surface area contributed by atoms with Gasteiger partial charge in [-0.2, -0.15) is 5.26 Å². The van der Waals surface area contributed by atoms with Crippen molar-refractivity contribution in [1.29, 1.82) is 5.26 Å². The van der Waals surface area contributed by atoms with Crippen molar-refractivity contribution in [3.05, 3.63) is 167 Å². The lowest BCUT2D eigenvalue weighted by Crippen LogP contribution is -1.97. The number of carboxylic acids is 2. The molecule has 0 radical (unpaired) electrons. The normalized spacial score (nSPS) is 12.0. The number of nitriles is 1. The van der Waals surface area contributed by atoms with Crippen LogP contribution >= 0.6 is 0 Å². The number of carboxylic acid groups (broad SMARTS) is 2. The van der Waals surface area contributed by atoms with Gasteiger partial charge in [0.05, 0.1) is 28.6 Å². The fourth-order valence-corrected chi connectivity index (χ4v) is 6.93. The van der Waals surface area contributed by atoms with Crippen LogP contribution in [0.1, 0.15) is 11.1 Å². The van der Waals surface area contributed by atoms with Crippen LogP contribution < -0.4 is 0 Å². The van der Waals surface area contributed by atoms with Crippen LogP contribution in [0, 0.1) is 17.9 Å². The summed E-state index contributed by atoms with van der Waals surface area (Å²) in [5.74, 6) is -2.51. The molecule has 8 heteroatoms. The number of rotatable bonds is 7. The first-order valence-electron chi connectivity index (χ1n) is 16.3. The molecular formula is C44H26N4O4. The van der Waals surface area contributed by atoms with E-state index in [0.717, 1.165) is 66.1 Å². The number of aromatic nitrogens is 2. The van der Waals surface area contributed by atoms with E-state index in [1.165, 1.54) is 12.2 Å². The molecule has 2 aromatic heterocycles. The number of carbonyl (C=O) groups is 2. The summed E-state index contributed by atoms with van der Waals surface area (Å²) in [7, 11) is 0. The molecule has 52 heavy (non-hydrogen) atoms. The lowest BCUT2D eigenvalue weighted by atomic mass is 10.0. The molecule has 8 aromatic rings. The van der Waals surface area contributed by atoms with Crippen molar-refractivity contribution in [2.75, 3.05) is 0 Å². The van der Waals surface area contributed by atoms with E-state index in [9.17, 15) is 25.1 Å². The Kier molecular flexibility index (Phi) is 7.68. The minimum Gasteiger partial charge on any atom is -0.486 e. The van der Waals surface area contributed by atoms with E-state index in [1.807, 2.05) is 72.8 Å². The van der Waals surface area contributed by atoms with E-state index >= 15 is 0 Å². The summed E-state index contributed by atoms with van der Waals surface area (Å²) in [5, 5.41) is 31.9. The third-order valence-corrected chi connectivity index (χ3v) is 9.28. The lowest BCUT2D eigenvalue weighted by Gasteiger charge is -2.11. The zero-order valence-electron chi connectivity index (χ0n) is 27.4. The highest BCUT2D eigenvalue weighted by Gasteiger charge is 2.16. The van der Waals surface area contributed by atoms with Crippen molar-refractivity contribution < 1.29 is 19.8 Å². The molecule has 0 amide bonds. The fraction of sp³-hybridized carbons (Fsp3) is 0. The molecule has 8 rings (SSSR count). The second kappa shape index (κ2) is 12.6. The molecule has 0 atom stereocenters. The zero-order chi connectivity index (χ0) is 35.9. The van der Waals surface area contributed by atoms with Crippen molar-refractivity contribution in [2.24, 2.45) is 0 Å². The molecule has 0 fully saturated rings. The molecule has 0 spiro atoms. The number of hydrogen-bond acceptors (Lipinski definition) is 3. The molecule has 246 valence electrons. The van der Waals surface area contributed by atoms with Gasteiger partial charge in [0.1, 0.15) is 11.6 Å². The Bertz CT molecular complexity index is 2710. The van der Waals surface area contributed by atoms with Gasteiger partial charge in [-0.1, -0.05) is 72.8 Å². The summed E-state index contributed by atoms with van der Waals surface area (Å²) in [6, 6.07) is 46.0. The molecular weight excluding hydrogens is 649 g/mol. The van der Waals surface area contributed by atoms with Gasteiger partial charge in [-0.25, -0.2) is 9.64 Å². The molecule has 0 unspecified atom stereocenters. The van der Waals surface area contributed by atoms with Gasteiger partial charge in [0.15, 0.2) is 0 Å². The Morgan fingerprint density at radius 1 is 0.577 bits per heavy atom. The van der Waals surface area contributed by atoms with Crippen LogP contribution in [0.15, 0.2) is 145 Å². The second-order valence-corrected chi connectivity index (χ2v) is 12.3. The van der Waals surface area contributed by atoms with Crippen molar-refractivity contribution in [3.63, 3.8) is 0 Å². The molecule has 0 saturated carbocycles. The summed E-state index contributed by atoms with van der Waals surface area (Å²) in [6.07, 6.45) is 2.79. The number of nitrogens with zero attached hydrogens (tertiary/aromatic N) is 4. The van der Waals surface area contributed by atoms with Crippen LogP contribution in [0.4, 0.5) is 0 Å². The third kappa shape index (κ3) is 5.34. The highest BCUT2D eigenvalue weighted by atomic mass is 16.4. The van der Waals surface area contributed by atoms with E-state index in [-0.39, 0.29) is 11.3 Å². The van der Waals surface area contributed by atoms with E-state index in [4.69, 9.17) is 6.57 Å². The van der Waals surface area contributed by atoms with Crippen molar-refractivity contribution in [2.45, 2.75) is 0 Å². The van der Waals surface area contributed by atoms with Crippen LogP contribution in [-0.4, -0.2) is 31.3 Å². The maximum Gasteiger partial charge on any atom is 0.346 e. The number of para-hydroxylation sites is 2. The third-order valence-electron chi connectivity index (χ3n) is 9.28. The number of aliphatic carboxylic acids is 2. The van der Waals surface area contributed by atoms with Gasteiger partial charge in [-0.15, -0.1) is 0 Å². The second-order valence-electron chi connectivity index (χ2n) is 12.3. The predicted molar refractivity (Wildman–Crippen MR) is 204 cm³/mol. The Labute approximate surface area is 297 Å². The number of fused-ring (bicyclic) bond motifs is 6. The fourth-order valence-electron chi connectivity index (χ4n) is 6.93. The topological polar surface area (TPSA) is 113 Å². The molecule has 0 aliphatic carbocycles. The molecule has 0 saturated heterocycles. The van der Waals surface area contributed by atoms with Crippen molar-refractivity contribution in [3.8, 4) is 28.6 Å². The van der Waals surface area contributed by atoms with Crippen LogP contribution in [0.2, 0.25) is 0 Å². The monoisotopic (exact) mass is 674 g/mol. The Morgan fingerprint density at radius 2 is 1.02 bits per heavy atom. The molecule has 2 heterocycles. The van der Waals surface area contributed by atoms with E-state index < -0.39 is 11.9 Å². The average Bonchev–Trinajstić information content (AvgIpc) is 3.68. The average molecular weight is 675 g/mol. The van der Waals surface area contributed by atoms with E-state index in [0.29, 0.717) is 11.1 Å². The maximum atomic E-state index is 11.4. The summed E-state index contributed by atoms with van der Waals surface area (Å²) in [6.45, 7) is 7.22. The predicted octanol–water partition coefficient (Wildman–Crippen LogP) is 9.88. The highest BCUT2D eigenvalue weighted by molar-refractivity contribution is 6.11. The molecule has 0 aliphatic heterocycles. The summed E-state index contributed by atoms with van der Waals surface area (Å²) in [4.78, 5) is 26.0. The van der Waals surface area contributed by atoms with Gasteiger partial charge in [0.2, 0.25) is 0 Å². The van der Waals surface area contributed by atoms with Gasteiger partial charge in [-0.3, -0.25) is 4.79 Å². The standard InChI is InChI=1S/C44H26N4O4/c1-46-38(44(51)52)25-28-11-21-42-37(24-28)35-7-3-5-9-40(35)48(42)33-18-14-30(15-19-33)29-12-16-32(17-13-29)47-39-8-4-2-6-34(39)36-23-27(10-20-41(36)47)22-31(26-45)43(49)50/h2-25H,(H,49,50)(H,51,52)/b31-22+,38-25-. The first-order chi connectivity index (χ1) is 25.3. The zero-order valence-corrected chi connectivity index (χ0v) is 27.4. The lowest BCUT2D eigenvalue weighted by molar-refractivity contribution is -0.133. The summed E-state index contributed by atoms with van der Waals surface area (Å²) >= 11 is 0. The molecule has 0 bridgehead atoms. The van der Waals surface area contributed by atoms with Gasteiger partial charge in [-0.05, 0) is 95.1 Å². The smallest absolute Gasteiger partial charge is 0.346 e. The first kappa shape index (κ1) is 31.6. The summed E-state index contributed by atoms with van der Waals surface area (Å²) < 4.78 is 4.37. The van der Waals surface area contributed by atoms with Crippen LogP contribution in [0.5, 0.6) is 0 Å². The van der Waals surface area contributed by atoms with Gasteiger partial charge < -0.3 is 19.3 Å². The number of hydrogen-bond donors (Lipinski definition) is 2. The van der Waals surface area contributed by atoms with Gasteiger partial charge in [0.25, 0.3) is 5.70 Å². The van der Waals surface area contributed by atoms with Gasteiger partial charge >= 0.3 is 11.9 Å². The van der Waals surface area contributed by atoms with Crippen LogP contribution in [0.25, 0.3) is 83.1 Å². The molecule has 0 aliphatic rings. The van der Waals surface area contributed by atoms with Crippen LogP contribution in [-0.2, 0) is 9.59 Å². The molecule has 8 nitrogen and oxygen atoms in total. The SMILES string of the molecule is [C-]#[N+]/C(=C\c1ccc2c(c1)c1ccccc1n2-c1ccc(-c2ccc(-n3c4ccccc4c4cc(/C=C(\C#N)C(=O)O)ccc43)cc2)cc1)C(=O)O. The Morgan fingerprint density at radius 3 is 1.44 bits per heavy atom. The molecule has 6 aromatic carbocycles. The van der Waals surface area contributed by atoms with Gasteiger partial charge in [0, 0.05) is 32.9 Å². The Hall–Kier alpha value is -7.68.